The summed E-state index contributed by atoms with van der Waals surface area (Å²) < 4.78 is 8.44. The SMILES string of the molecule is C=C[C@H]1Cn2c(cc3cc(C)ccc32)C(C)(C)O1. The van der Waals surface area contributed by atoms with Gasteiger partial charge < -0.3 is 9.30 Å². The number of rotatable bonds is 1. The van der Waals surface area contributed by atoms with Crippen LogP contribution in [0.2, 0.25) is 0 Å². The Morgan fingerprint density at radius 3 is 2.89 bits per heavy atom. The Morgan fingerprint density at radius 2 is 2.17 bits per heavy atom. The van der Waals surface area contributed by atoms with E-state index in [-0.39, 0.29) is 11.7 Å². The highest BCUT2D eigenvalue weighted by Crippen LogP contribution is 2.36. The van der Waals surface area contributed by atoms with Crippen LogP contribution in [0.25, 0.3) is 10.9 Å². The molecule has 1 aliphatic heterocycles. The van der Waals surface area contributed by atoms with E-state index in [1.807, 2.05) is 6.08 Å². The topological polar surface area (TPSA) is 14.2 Å². The number of aryl methyl sites for hydroxylation is 1. The molecule has 0 radical (unpaired) electrons. The molecule has 1 aromatic carbocycles. The smallest absolute Gasteiger partial charge is 0.103 e. The zero-order valence-corrected chi connectivity index (χ0v) is 11.2. The van der Waals surface area contributed by atoms with Gasteiger partial charge in [0.15, 0.2) is 0 Å². The van der Waals surface area contributed by atoms with Crippen molar-refractivity contribution in [2.45, 2.75) is 39.0 Å². The summed E-state index contributed by atoms with van der Waals surface area (Å²) in [5.74, 6) is 0. The number of benzene rings is 1. The lowest BCUT2D eigenvalue weighted by molar-refractivity contribution is -0.0847. The maximum Gasteiger partial charge on any atom is 0.103 e. The summed E-state index contributed by atoms with van der Waals surface area (Å²) in [5.41, 5.74) is 3.58. The monoisotopic (exact) mass is 241 g/mol. The Morgan fingerprint density at radius 1 is 1.39 bits per heavy atom. The van der Waals surface area contributed by atoms with Gasteiger partial charge in [-0.25, -0.2) is 0 Å². The molecule has 0 bridgehead atoms. The highest BCUT2D eigenvalue weighted by atomic mass is 16.5. The van der Waals surface area contributed by atoms with Crippen molar-refractivity contribution >= 4 is 10.9 Å². The largest absolute Gasteiger partial charge is 0.360 e. The molecule has 2 heteroatoms. The Kier molecular flexibility index (Phi) is 2.39. The molecular weight excluding hydrogens is 222 g/mol. The average molecular weight is 241 g/mol. The summed E-state index contributed by atoms with van der Waals surface area (Å²) >= 11 is 0. The van der Waals surface area contributed by atoms with E-state index in [9.17, 15) is 0 Å². The Balaban J connectivity index is 2.26. The van der Waals surface area contributed by atoms with Crippen molar-refractivity contribution < 1.29 is 4.74 Å². The first-order valence-electron chi connectivity index (χ1n) is 6.42. The summed E-state index contributed by atoms with van der Waals surface area (Å²) in [4.78, 5) is 0. The molecule has 0 saturated carbocycles. The summed E-state index contributed by atoms with van der Waals surface area (Å²) in [7, 11) is 0. The fourth-order valence-corrected chi connectivity index (χ4v) is 2.86. The molecule has 1 aliphatic rings. The number of nitrogens with zero attached hydrogens (tertiary/aromatic N) is 1. The lowest BCUT2D eigenvalue weighted by Crippen LogP contribution is -2.38. The van der Waals surface area contributed by atoms with Crippen molar-refractivity contribution in [3.63, 3.8) is 0 Å². The molecule has 18 heavy (non-hydrogen) atoms. The van der Waals surface area contributed by atoms with Crippen LogP contribution in [0.3, 0.4) is 0 Å². The van der Waals surface area contributed by atoms with Gasteiger partial charge in [0.05, 0.1) is 18.3 Å². The van der Waals surface area contributed by atoms with Gasteiger partial charge in [0.25, 0.3) is 0 Å². The highest BCUT2D eigenvalue weighted by Gasteiger charge is 2.33. The third kappa shape index (κ3) is 1.60. The van der Waals surface area contributed by atoms with E-state index in [2.05, 4.69) is 56.2 Å². The zero-order chi connectivity index (χ0) is 12.9. The Bertz CT molecular complexity index is 621. The number of hydrogen-bond acceptors (Lipinski definition) is 1. The van der Waals surface area contributed by atoms with Crippen LogP contribution >= 0.6 is 0 Å². The second-order valence-corrected chi connectivity index (χ2v) is 5.60. The predicted octanol–water partition coefficient (Wildman–Crippen LogP) is 3.77. The van der Waals surface area contributed by atoms with Crippen LogP contribution in [-0.2, 0) is 16.9 Å². The molecule has 94 valence electrons. The van der Waals surface area contributed by atoms with Gasteiger partial charge in [-0.2, -0.15) is 0 Å². The van der Waals surface area contributed by atoms with Crippen LogP contribution in [-0.4, -0.2) is 10.7 Å². The highest BCUT2D eigenvalue weighted by molar-refractivity contribution is 5.82. The van der Waals surface area contributed by atoms with E-state index in [1.165, 1.54) is 22.2 Å². The van der Waals surface area contributed by atoms with Crippen molar-refractivity contribution in [3.8, 4) is 0 Å². The fraction of sp³-hybridized carbons (Fsp3) is 0.375. The fourth-order valence-electron chi connectivity index (χ4n) is 2.86. The van der Waals surface area contributed by atoms with E-state index < -0.39 is 0 Å². The minimum atomic E-state index is -0.260. The van der Waals surface area contributed by atoms with E-state index in [0.717, 1.165) is 6.54 Å². The van der Waals surface area contributed by atoms with Crippen LogP contribution in [0.1, 0.15) is 25.1 Å². The zero-order valence-electron chi connectivity index (χ0n) is 11.2. The summed E-state index contributed by atoms with van der Waals surface area (Å²) in [6, 6.07) is 8.86. The van der Waals surface area contributed by atoms with Gasteiger partial charge in [-0.15, -0.1) is 6.58 Å². The molecule has 0 spiro atoms. The van der Waals surface area contributed by atoms with Crippen molar-refractivity contribution in [2.75, 3.05) is 0 Å². The van der Waals surface area contributed by atoms with Crippen LogP contribution < -0.4 is 0 Å². The van der Waals surface area contributed by atoms with E-state index in [4.69, 9.17) is 4.74 Å². The van der Waals surface area contributed by atoms with E-state index >= 15 is 0 Å². The van der Waals surface area contributed by atoms with Crippen molar-refractivity contribution in [2.24, 2.45) is 0 Å². The maximum atomic E-state index is 6.07. The quantitative estimate of drug-likeness (QED) is 0.693. The number of aromatic nitrogens is 1. The summed E-state index contributed by atoms with van der Waals surface area (Å²) in [6.45, 7) is 11.1. The first kappa shape index (κ1) is 11.5. The molecule has 0 fully saturated rings. The molecule has 0 aliphatic carbocycles. The number of ether oxygens (including phenoxy) is 1. The van der Waals surface area contributed by atoms with Gasteiger partial charge in [-0.1, -0.05) is 17.7 Å². The number of hydrogen-bond donors (Lipinski definition) is 0. The molecule has 3 rings (SSSR count). The second-order valence-electron chi connectivity index (χ2n) is 5.60. The lowest BCUT2D eigenvalue weighted by atomic mass is 10.0. The van der Waals surface area contributed by atoms with Crippen molar-refractivity contribution in [1.82, 2.24) is 4.57 Å². The minimum absolute atomic E-state index is 0.0874. The standard InChI is InChI=1S/C16H19NO/c1-5-13-10-17-14-7-6-11(2)8-12(14)9-15(17)16(3,4)18-13/h5-9,13H,1,10H2,2-4H3/t13-/m0/s1. The summed E-state index contributed by atoms with van der Waals surface area (Å²) in [6.07, 6.45) is 1.98. The van der Waals surface area contributed by atoms with Crippen LogP contribution in [0.15, 0.2) is 36.9 Å². The second kappa shape index (κ2) is 3.72. The van der Waals surface area contributed by atoms with Gasteiger partial charge in [0.2, 0.25) is 0 Å². The predicted molar refractivity (Wildman–Crippen MR) is 74.8 cm³/mol. The van der Waals surface area contributed by atoms with E-state index in [1.54, 1.807) is 0 Å². The van der Waals surface area contributed by atoms with Gasteiger partial charge >= 0.3 is 0 Å². The summed E-state index contributed by atoms with van der Waals surface area (Å²) in [5, 5.41) is 1.30. The van der Waals surface area contributed by atoms with Crippen LogP contribution in [0, 0.1) is 6.92 Å². The van der Waals surface area contributed by atoms with E-state index in [0.29, 0.717) is 0 Å². The molecule has 0 saturated heterocycles. The van der Waals surface area contributed by atoms with Gasteiger partial charge in [-0.3, -0.25) is 0 Å². The molecule has 0 amide bonds. The molecule has 2 aromatic rings. The first-order chi connectivity index (χ1) is 8.51. The normalized spacial score (nSPS) is 21.8. The molecule has 0 unspecified atom stereocenters. The van der Waals surface area contributed by atoms with Crippen LogP contribution in [0.5, 0.6) is 0 Å². The first-order valence-corrected chi connectivity index (χ1v) is 6.42. The molecule has 2 nitrogen and oxygen atoms in total. The lowest BCUT2D eigenvalue weighted by Gasteiger charge is -2.36. The van der Waals surface area contributed by atoms with Crippen molar-refractivity contribution in [1.29, 1.82) is 0 Å². The Labute approximate surface area is 108 Å². The number of fused-ring (bicyclic) bond motifs is 3. The molecule has 1 aromatic heterocycles. The van der Waals surface area contributed by atoms with Gasteiger partial charge in [0, 0.05) is 10.9 Å². The third-order valence-corrected chi connectivity index (χ3v) is 3.75. The minimum Gasteiger partial charge on any atom is -0.360 e. The molecular formula is C16H19NO. The molecule has 0 N–H and O–H groups in total. The average Bonchev–Trinajstić information content (AvgIpc) is 2.67. The molecule has 2 heterocycles. The third-order valence-electron chi connectivity index (χ3n) is 3.75. The van der Waals surface area contributed by atoms with Gasteiger partial charge in [0.1, 0.15) is 5.60 Å². The Hall–Kier alpha value is -1.54. The maximum absolute atomic E-state index is 6.07. The molecule has 1 atom stereocenters. The van der Waals surface area contributed by atoms with Gasteiger partial charge in [-0.05, 0) is 39.0 Å². The van der Waals surface area contributed by atoms with Crippen molar-refractivity contribution in [3.05, 3.63) is 48.2 Å². The van der Waals surface area contributed by atoms with Crippen LogP contribution in [0.4, 0.5) is 0 Å².